The number of hydrogen-bond donors (Lipinski definition) is 1. The van der Waals surface area contributed by atoms with Gasteiger partial charge in [-0.25, -0.2) is 0 Å². The Kier molecular flexibility index (Phi) is 3.21. The molecule has 0 amide bonds. The first-order valence-corrected chi connectivity index (χ1v) is 5.74. The van der Waals surface area contributed by atoms with Gasteiger partial charge in [-0.1, -0.05) is 11.3 Å². The van der Waals surface area contributed by atoms with Crippen LogP contribution in [0.5, 0.6) is 11.5 Å². The molecule has 0 spiro atoms. The Labute approximate surface area is 102 Å². The van der Waals surface area contributed by atoms with Crippen molar-refractivity contribution in [1.29, 1.82) is 0 Å². The molecular weight excluding hydrogens is 244 g/mol. The molecule has 0 saturated carbocycles. The lowest BCUT2D eigenvalue weighted by molar-refractivity contribution is 0.394. The average molecular weight is 254 g/mol. The number of methoxy groups -OCH3 is 2. The summed E-state index contributed by atoms with van der Waals surface area (Å²) in [5, 5.41) is 7.68. The number of nitrogens with one attached hydrogen (secondary N) is 1. The predicted octanol–water partition coefficient (Wildman–Crippen LogP) is 2.88. The lowest BCUT2D eigenvalue weighted by Gasteiger charge is -2.06. The van der Waals surface area contributed by atoms with Crippen molar-refractivity contribution in [2.24, 2.45) is 0 Å². The molecule has 4 nitrogen and oxygen atoms in total. The van der Waals surface area contributed by atoms with Crippen molar-refractivity contribution < 1.29 is 9.47 Å². The van der Waals surface area contributed by atoms with Crippen molar-refractivity contribution in [1.82, 2.24) is 10.2 Å². The molecule has 0 unspecified atom stereocenters. The van der Waals surface area contributed by atoms with E-state index in [1.165, 1.54) is 11.3 Å². The molecule has 2 rings (SSSR count). The van der Waals surface area contributed by atoms with Gasteiger partial charge in [-0.15, -0.1) is 0 Å². The fourth-order valence-electron chi connectivity index (χ4n) is 1.28. The molecule has 1 aromatic heterocycles. The van der Waals surface area contributed by atoms with Crippen LogP contribution in [0.2, 0.25) is 0 Å². The minimum absolute atomic E-state index is 0.650. The smallest absolute Gasteiger partial charge is 0.176 e. The number of hydrogen-bond acceptors (Lipinski definition) is 5. The Balaban J connectivity index is 2.51. The molecule has 0 radical (unpaired) electrons. The highest BCUT2D eigenvalue weighted by molar-refractivity contribution is 7.73. The quantitative estimate of drug-likeness (QED) is 0.856. The first kappa shape index (κ1) is 11.1. The summed E-state index contributed by atoms with van der Waals surface area (Å²) in [6.45, 7) is 0. The molecule has 0 aliphatic carbocycles. The molecule has 6 heteroatoms. The van der Waals surface area contributed by atoms with Gasteiger partial charge in [0.1, 0.15) is 16.5 Å². The number of aromatic nitrogens is 2. The highest BCUT2D eigenvalue weighted by Crippen LogP contribution is 2.30. The van der Waals surface area contributed by atoms with E-state index in [0.717, 1.165) is 22.1 Å². The minimum Gasteiger partial charge on any atom is -0.497 e. The Bertz CT molecular complexity index is 525. The fraction of sp³-hybridized carbons (Fsp3) is 0.200. The van der Waals surface area contributed by atoms with Crippen LogP contribution >= 0.6 is 23.6 Å². The molecule has 0 aliphatic heterocycles. The molecule has 0 bridgehead atoms. The number of ether oxygens (including phenoxy) is 2. The Morgan fingerprint density at radius 3 is 2.25 bits per heavy atom. The van der Waals surface area contributed by atoms with E-state index < -0.39 is 0 Å². The monoisotopic (exact) mass is 254 g/mol. The minimum atomic E-state index is 0.650. The first-order valence-electron chi connectivity index (χ1n) is 4.52. The molecule has 84 valence electrons. The van der Waals surface area contributed by atoms with Crippen LogP contribution in [0.1, 0.15) is 0 Å². The van der Waals surface area contributed by atoms with Gasteiger partial charge in [-0.2, -0.15) is 5.10 Å². The molecule has 2 aromatic rings. The SMILES string of the molecule is COc1cc(OC)cc(-c2n[nH]c(=S)s2)c1. The van der Waals surface area contributed by atoms with E-state index in [2.05, 4.69) is 10.2 Å². The third kappa shape index (κ3) is 2.23. The van der Waals surface area contributed by atoms with Gasteiger partial charge in [0, 0.05) is 11.6 Å². The van der Waals surface area contributed by atoms with Gasteiger partial charge >= 0.3 is 0 Å². The molecule has 0 aliphatic rings. The summed E-state index contributed by atoms with van der Waals surface area (Å²) in [5.41, 5.74) is 0.925. The van der Waals surface area contributed by atoms with Gasteiger partial charge < -0.3 is 9.47 Å². The number of aromatic amines is 1. The maximum Gasteiger partial charge on any atom is 0.176 e. The lowest BCUT2D eigenvalue weighted by atomic mass is 10.2. The molecule has 1 N–H and O–H groups in total. The van der Waals surface area contributed by atoms with Crippen molar-refractivity contribution in [2.75, 3.05) is 14.2 Å². The molecule has 1 aromatic carbocycles. The van der Waals surface area contributed by atoms with E-state index in [0.29, 0.717) is 3.95 Å². The highest BCUT2D eigenvalue weighted by Gasteiger charge is 2.06. The lowest BCUT2D eigenvalue weighted by Crippen LogP contribution is -1.88. The number of nitrogens with zero attached hydrogens (tertiary/aromatic N) is 1. The van der Waals surface area contributed by atoms with Gasteiger partial charge in [0.05, 0.1) is 14.2 Å². The summed E-state index contributed by atoms with van der Waals surface area (Å²) >= 11 is 6.41. The standard InChI is InChI=1S/C10H10N2O2S2/c1-13-7-3-6(4-8(5-7)14-2)9-11-12-10(15)16-9/h3-5H,1-2H3,(H,12,15). The molecule has 0 fully saturated rings. The summed E-state index contributed by atoms with van der Waals surface area (Å²) < 4.78 is 11.0. The van der Waals surface area contributed by atoms with E-state index in [-0.39, 0.29) is 0 Å². The molecule has 0 saturated heterocycles. The van der Waals surface area contributed by atoms with Crippen LogP contribution in [-0.2, 0) is 0 Å². The second kappa shape index (κ2) is 4.63. The summed E-state index contributed by atoms with van der Waals surface area (Å²) in [7, 11) is 3.23. The maximum absolute atomic E-state index is 5.19. The Morgan fingerprint density at radius 1 is 1.19 bits per heavy atom. The van der Waals surface area contributed by atoms with Crippen molar-refractivity contribution in [3.05, 3.63) is 22.2 Å². The van der Waals surface area contributed by atoms with Crippen molar-refractivity contribution in [2.45, 2.75) is 0 Å². The van der Waals surface area contributed by atoms with Gasteiger partial charge in [0.25, 0.3) is 0 Å². The molecular formula is C10H10N2O2S2. The third-order valence-electron chi connectivity index (χ3n) is 2.04. The Hall–Kier alpha value is -1.40. The van der Waals surface area contributed by atoms with Gasteiger partial charge in [0.15, 0.2) is 3.95 Å². The zero-order valence-corrected chi connectivity index (χ0v) is 10.4. The van der Waals surface area contributed by atoms with Crippen LogP contribution in [-0.4, -0.2) is 24.4 Å². The number of H-pyrrole nitrogens is 1. The fourth-order valence-corrected chi connectivity index (χ4v) is 2.16. The van der Waals surface area contributed by atoms with Crippen LogP contribution in [0, 0.1) is 3.95 Å². The topological polar surface area (TPSA) is 47.1 Å². The van der Waals surface area contributed by atoms with E-state index in [4.69, 9.17) is 21.7 Å². The van der Waals surface area contributed by atoms with E-state index >= 15 is 0 Å². The molecule has 0 atom stereocenters. The maximum atomic E-state index is 5.19. The van der Waals surface area contributed by atoms with Crippen LogP contribution in [0.25, 0.3) is 10.6 Å². The summed E-state index contributed by atoms with van der Waals surface area (Å²) in [6.07, 6.45) is 0. The van der Waals surface area contributed by atoms with Crippen molar-refractivity contribution >= 4 is 23.6 Å². The van der Waals surface area contributed by atoms with Crippen LogP contribution in [0.15, 0.2) is 18.2 Å². The van der Waals surface area contributed by atoms with Gasteiger partial charge in [-0.05, 0) is 24.4 Å². The molecule has 1 heterocycles. The first-order chi connectivity index (χ1) is 7.72. The van der Waals surface area contributed by atoms with Crippen LogP contribution < -0.4 is 9.47 Å². The van der Waals surface area contributed by atoms with Crippen molar-refractivity contribution in [3.63, 3.8) is 0 Å². The zero-order chi connectivity index (χ0) is 11.5. The summed E-state index contributed by atoms with van der Waals surface area (Å²) in [4.78, 5) is 0. The average Bonchev–Trinajstić information content (AvgIpc) is 2.75. The van der Waals surface area contributed by atoms with Crippen LogP contribution in [0.4, 0.5) is 0 Å². The third-order valence-corrected chi connectivity index (χ3v) is 3.17. The summed E-state index contributed by atoms with van der Waals surface area (Å²) in [5.74, 6) is 1.46. The predicted molar refractivity (Wildman–Crippen MR) is 65.8 cm³/mol. The second-order valence-electron chi connectivity index (χ2n) is 3.02. The van der Waals surface area contributed by atoms with E-state index in [1.807, 2.05) is 18.2 Å². The van der Waals surface area contributed by atoms with Gasteiger partial charge in [-0.3, -0.25) is 5.10 Å². The Morgan fingerprint density at radius 2 is 1.81 bits per heavy atom. The largest absolute Gasteiger partial charge is 0.497 e. The highest BCUT2D eigenvalue weighted by atomic mass is 32.1. The van der Waals surface area contributed by atoms with E-state index in [9.17, 15) is 0 Å². The normalized spacial score (nSPS) is 10.1. The number of benzene rings is 1. The second-order valence-corrected chi connectivity index (χ2v) is 4.69. The summed E-state index contributed by atoms with van der Waals surface area (Å²) in [6, 6.07) is 5.60. The number of rotatable bonds is 3. The van der Waals surface area contributed by atoms with Crippen LogP contribution in [0.3, 0.4) is 0 Å². The van der Waals surface area contributed by atoms with Crippen molar-refractivity contribution in [3.8, 4) is 22.1 Å². The van der Waals surface area contributed by atoms with Gasteiger partial charge in [0.2, 0.25) is 0 Å². The van der Waals surface area contributed by atoms with E-state index in [1.54, 1.807) is 14.2 Å². The zero-order valence-electron chi connectivity index (χ0n) is 8.81. The molecule has 16 heavy (non-hydrogen) atoms.